The summed E-state index contributed by atoms with van der Waals surface area (Å²) in [4.78, 5) is 4.83. The van der Waals surface area contributed by atoms with Crippen LogP contribution in [0.1, 0.15) is 25.3 Å². The molecule has 2 rings (SSSR count). The molecule has 25 heavy (non-hydrogen) atoms. The first-order valence-corrected chi connectivity index (χ1v) is 8.59. The lowest BCUT2D eigenvalue weighted by Gasteiger charge is -2.36. The molecule has 0 aliphatic carbocycles. The van der Waals surface area contributed by atoms with Crippen molar-refractivity contribution in [1.82, 2.24) is 10.6 Å². The molecular weight excluding hydrogens is 429 g/mol. The van der Waals surface area contributed by atoms with Crippen LogP contribution >= 0.6 is 24.0 Å². The van der Waals surface area contributed by atoms with Gasteiger partial charge in [0.25, 0.3) is 0 Å². The van der Waals surface area contributed by atoms with Crippen molar-refractivity contribution in [3.63, 3.8) is 0 Å². The fourth-order valence-corrected chi connectivity index (χ4v) is 2.99. The van der Waals surface area contributed by atoms with Crippen LogP contribution in [0, 0.1) is 0 Å². The maximum Gasteiger partial charge on any atom is 0.191 e. The highest BCUT2D eigenvalue weighted by molar-refractivity contribution is 14.0. The van der Waals surface area contributed by atoms with Crippen molar-refractivity contribution in [3.8, 4) is 5.75 Å². The number of nitrogens with zero attached hydrogens (tertiary/aromatic N) is 1. The van der Waals surface area contributed by atoms with Crippen molar-refractivity contribution in [2.75, 3.05) is 40.0 Å². The minimum Gasteiger partial charge on any atom is -0.497 e. The highest BCUT2D eigenvalue weighted by Crippen LogP contribution is 2.36. The molecule has 0 radical (unpaired) electrons. The minimum atomic E-state index is 0. The van der Waals surface area contributed by atoms with Gasteiger partial charge in [-0.25, -0.2) is 0 Å². The van der Waals surface area contributed by atoms with Crippen molar-refractivity contribution in [1.29, 1.82) is 0 Å². The van der Waals surface area contributed by atoms with E-state index in [0.29, 0.717) is 6.54 Å². The number of hydrogen-bond donors (Lipinski definition) is 2. The minimum absolute atomic E-state index is 0. The molecule has 1 saturated heterocycles. The summed E-state index contributed by atoms with van der Waals surface area (Å²) in [5, 5.41) is 6.55. The number of nitrogens with one attached hydrogen (secondary N) is 2. The molecular formula is C19H30IN3O2. The molecule has 0 aromatic heterocycles. The van der Waals surface area contributed by atoms with Crippen molar-refractivity contribution in [2.45, 2.75) is 25.2 Å². The molecule has 2 N–H and O–H groups in total. The van der Waals surface area contributed by atoms with E-state index in [-0.39, 0.29) is 29.4 Å². The monoisotopic (exact) mass is 459 g/mol. The van der Waals surface area contributed by atoms with Crippen molar-refractivity contribution in [2.24, 2.45) is 4.99 Å². The SMILES string of the molecule is C=CCNC(=NCC1(c2ccc(OC)cc2)CCOCC1)NCC.I. The van der Waals surface area contributed by atoms with Gasteiger partial charge in [-0.15, -0.1) is 30.6 Å². The topological polar surface area (TPSA) is 54.9 Å². The van der Waals surface area contributed by atoms with Gasteiger partial charge in [0.15, 0.2) is 5.96 Å². The Hall–Kier alpha value is -1.28. The molecule has 1 aliphatic rings. The van der Waals surface area contributed by atoms with E-state index in [4.69, 9.17) is 14.5 Å². The molecule has 6 heteroatoms. The number of ether oxygens (including phenoxy) is 2. The van der Waals surface area contributed by atoms with Crippen LogP contribution in [-0.2, 0) is 10.2 Å². The van der Waals surface area contributed by atoms with E-state index >= 15 is 0 Å². The quantitative estimate of drug-likeness (QED) is 0.285. The second-order valence-electron chi connectivity index (χ2n) is 5.99. The van der Waals surface area contributed by atoms with Gasteiger partial charge in [0.05, 0.1) is 13.7 Å². The third kappa shape index (κ3) is 6.18. The van der Waals surface area contributed by atoms with Gasteiger partial charge < -0.3 is 20.1 Å². The first-order chi connectivity index (χ1) is 11.7. The van der Waals surface area contributed by atoms with E-state index in [2.05, 4.69) is 36.3 Å². The van der Waals surface area contributed by atoms with E-state index in [9.17, 15) is 0 Å². The molecule has 0 amide bonds. The molecule has 1 aliphatic heterocycles. The lowest BCUT2D eigenvalue weighted by molar-refractivity contribution is 0.0531. The zero-order chi connectivity index (χ0) is 17.3. The van der Waals surface area contributed by atoms with E-state index in [1.807, 2.05) is 18.2 Å². The number of halogens is 1. The normalized spacial score (nSPS) is 16.5. The second-order valence-corrected chi connectivity index (χ2v) is 5.99. The standard InChI is InChI=1S/C19H29N3O2.HI/c1-4-12-21-18(20-5-2)22-15-19(10-13-24-14-11-19)16-6-8-17(23-3)9-7-16;/h4,6-9H,1,5,10-15H2,2-3H3,(H2,20,21,22);1H. The fraction of sp³-hybridized carbons (Fsp3) is 0.526. The van der Waals surface area contributed by atoms with Crippen LogP contribution in [0.5, 0.6) is 5.75 Å². The molecule has 0 unspecified atom stereocenters. The molecule has 0 spiro atoms. The zero-order valence-corrected chi connectivity index (χ0v) is 17.5. The van der Waals surface area contributed by atoms with Gasteiger partial charge >= 0.3 is 0 Å². The zero-order valence-electron chi connectivity index (χ0n) is 15.2. The Bertz CT molecular complexity index is 540. The molecule has 5 nitrogen and oxygen atoms in total. The van der Waals surface area contributed by atoms with Crippen LogP contribution in [-0.4, -0.2) is 45.9 Å². The van der Waals surface area contributed by atoms with Gasteiger partial charge in [-0.05, 0) is 37.5 Å². The fourth-order valence-electron chi connectivity index (χ4n) is 2.99. The number of methoxy groups -OCH3 is 1. The maximum absolute atomic E-state index is 5.59. The van der Waals surface area contributed by atoms with Gasteiger partial charge in [0, 0.05) is 31.7 Å². The van der Waals surface area contributed by atoms with Gasteiger partial charge in [0.1, 0.15) is 5.75 Å². The second kappa shape index (κ2) is 11.4. The first kappa shape index (κ1) is 21.8. The van der Waals surface area contributed by atoms with Gasteiger partial charge in [-0.1, -0.05) is 18.2 Å². The predicted octanol–water partition coefficient (Wildman–Crippen LogP) is 3.10. The van der Waals surface area contributed by atoms with Gasteiger partial charge in [-0.3, -0.25) is 4.99 Å². The Balaban J connectivity index is 0.00000312. The van der Waals surface area contributed by atoms with Crippen molar-refractivity contribution >= 4 is 29.9 Å². The molecule has 0 atom stereocenters. The summed E-state index contributed by atoms with van der Waals surface area (Å²) in [7, 11) is 1.69. The number of rotatable bonds is 7. The van der Waals surface area contributed by atoms with Crippen LogP contribution in [0.25, 0.3) is 0 Å². The highest BCUT2D eigenvalue weighted by Gasteiger charge is 2.34. The number of guanidine groups is 1. The molecule has 0 bridgehead atoms. The number of benzene rings is 1. The van der Waals surface area contributed by atoms with Crippen LogP contribution in [0.3, 0.4) is 0 Å². The molecule has 1 aromatic rings. The van der Waals surface area contributed by atoms with E-state index < -0.39 is 0 Å². The Labute approximate surface area is 168 Å². The van der Waals surface area contributed by atoms with Gasteiger partial charge in [0.2, 0.25) is 0 Å². The van der Waals surface area contributed by atoms with Crippen molar-refractivity contribution in [3.05, 3.63) is 42.5 Å². The average molecular weight is 459 g/mol. The van der Waals surface area contributed by atoms with Crippen molar-refractivity contribution < 1.29 is 9.47 Å². The summed E-state index contributed by atoms with van der Waals surface area (Å²) in [6.07, 6.45) is 3.79. The van der Waals surface area contributed by atoms with Crippen LogP contribution in [0.2, 0.25) is 0 Å². The maximum atomic E-state index is 5.59. The summed E-state index contributed by atoms with van der Waals surface area (Å²) in [6.45, 7) is 9.63. The molecule has 1 heterocycles. The molecule has 1 aromatic carbocycles. The summed E-state index contributed by atoms with van der Waals surface area (Å²) < 4.78 is 10.9. The number of aliphatic imine (C=N–C) groups is 1. The number of hydrogen-bond acceptors (Lipinski definition) is 3. The van der Waals surface area contributed by atoms with E-state index in [1.54, 1.807) is 7.11 Å². The van der Waals surface area contributed by atoms with Gasteiger partial charge in [-0.2, -0.15) is 0 Å². The van der Waals surface area contributed by atoms with E-state index in [0.717, 1.165) is 50.9 Å². The summed E-state index contributed by atoms with van der Waals surface area (Å²) >= 11 is 0. The lowest BCUT2D eigenvalue weighted by atomic mass is 9.74. The molecule has 0 saturated carbocycles. The Morgan fingerprint density at radius 3 is 2.52 bits per heavy atom. The highest BCUT2D eigenvalue weighted by atomic mass is 127. The Morgan fingerprint density at radius 1 is 1.28 bits per heavy atom. The third-order valence-electron chi connectivity index (χ3n) is 4.45. The predicted molar refractivity (Wildman–Crippen MR) is 114 cm³/mol. The molecule has 1 fully saturated rings. The Kier molecular flexibility index (Phi) is 9.89. The summed E-state index contributed by atoms with van der Waals surface area (Å²) in [5.41, 5.74) is 1.32. The van der Waals surface area contributed by atoms with Crippen LogP contribution in [0.4, 0.5) is 0 Å². The largest absolute Gasteiger partial charge is 0.497 e. The lowest BCUT2D eigenvalue weighted by Crippen LogP contribution is -2.41. The summed E-state index contributed by atoms with van der Waals surface area (Å²) in [6, 6.07) is 8.36. The van der Waals surface area contributed by atoms with Crippen LogP contribution in [0.15, 0.2) is 41.9 Å². The average Bonchev–Trinajstić information content (AvgIpc) is 2.65. The smallest absolute Gasteiger partial charge is 0.191 e. The first-order valence-electron chi connectivity index (χ1n) is 8.59. The third-order valence-corrected chi connectivity index (χ3v) is 4.45. The summed E-state index contributed by atoms with van der Waals surface area (Å²) in [5.74, 6) is 1.71. The van der Waals surface area contributed by atoms with Crippen LogP contribution < -0.4 is 15.4 Å². The van der Waals surface area contributed by atoms with E-state index in [1.165, 1.54) is 5.56 Å². The Morgan fingerprint density at radius 2 is 1.96 bits per heavy atom. The molecule has 140 valence electrons.